The summed E-state index contributed by atoms with van der Waals surface area (Å²) in [5, 5.41) is 1.16. The summed E-state index contributed by atoms with van der Waals surface area (Å²) in [4.78, 5) is 8.24. The van der Waals surface area contributed by atoms with Gasteiger partial charge in [0.05, 0.1) is 5.01 Å². The van der Waals surface area contributed by atoms with Gasteiger partial charge in [-0.05, 0) is 39.2 Å². The van der Waals surface area contributed by atoms with Crippen molar-refractivity contribution in [3.05, 3.63) is 16.1 Å². The van der Waals surface area contributed by atoms with Crippen molar-refractivity contribution in [2.24, 2.45) is 11.7 Å². The minimum Gasteiger partial charge on any atom is -0.330 e. The molecule has 4 heteroatoms. The normalized spacial score (nSPS) is 27.2. The molecule has 0 bridgehead atoms. The van der Waals surface area contributed by atoms with Crippen molar-refractivity contribution < 1.29 is 0 Å². The SMILES string of the molecule is Cc1ncc(CN2CC(CN)CCC2C)s1. The summed E-state index contributed by atoms with van der Waals surface area (Å²) in [6.45, 7) is 7.40. The molecule has 0 radical (unpaired) electrons. The predicted molar refractivity (Wildman–Crippen MR) is 68.5 cm³/mol. The Morgan fingerprint density at radius 2 is 2.38 bits per heavy atom. The number of hydrogen-bond donors (Lipinski definition) is 1. The van der Waals surface area contributed by atoms with Crippen LogP contribution in [-0.2, 0) is 6.54 Å². The Balaban J connectivity index is 1.96. The molecule has 1 fully saturated rings. The fraction of sp³-hybridized carbons (Fsp3) is 0.750. The van der Waals surface area contributed by atoms with Gasteiger partial charge in [-0.2, -0.15) is 0 Å². The lowest BCUT2D eigenvalue weighted by Gasteiger charge is -2.37. The zero-order valence-electron chi connectivity index (χ0n) is 10.1. The first-order valence-electron chi connectivity index (χ1n) is 6.04. The van der Waals surface area contributed by atoms with Gasteiger partial charge in [-0.15, -0.1) is 11.3 Å². The number of aromatic nitrogens is 1. The van der Waals surface area contributed by atoms with E-state index in [9.17, 15) is 0 Å². The Morgan fingerprint density at radius 1 is 1.56 bits per heavy atom. The standard InChI is InChI=1S/C12H21N3S/c1-9-3-4-11(5-13)7-15(9)8-12-6-14-10(2)16-12/h6,9,11H,3-5,7-8,13H2,1-2H3. The Kier molecular flexibility index (Phi) is 3.95. The molecular weight excluding hydrogens is 218 g/mol. The summed E-state index contributed by atoms with van der Waals surface area (Å²) in [7, 11) is 0. The van der Waals surface area contributed by atoms with Crippen molar-refractivity contribution in [3.63, 3.8) is 0 Å². The monoisotopic (exact) mass is 239 g/mol. The van der Waals surface area contributed by atoms with Gasteiger partial charge in [0.25, 0.3) is 0 Å². The summed E-state index contributed by atoms with van der Waals surface area (Å²) >= 11 is 1.81. The highest BCUT2D eigenvalue weighted by atomic mass is 32.1. The summed E-state index contributed by atoms with van der Waals surface area (Å²) in [5.74, 6) is 0.685. The zero-order valence-corrected chi connectivity index (χ0v) is 11.0. The Hall–Kier alpha value is -0.450. The quantitative estimate of drug-likeness (QED) is 0.877. The van der Waals surface area contributed by atoms with E-state index in [1.165, 1.54) is 17.7 Å². The fourth-order valence-corrected chi connectivity index (χ4v) is 3.17. The average molecular weight is 239 g/mol. The van der Waals surface area contributed by atoms with Gasteiger partial charge in [-0.1, -0.05) is 0 Å². The second-order valence-electron chi connectivity index (χ2n) is 4.80. The molecule has 0 aromatic carbocycles. The highest BCUT2D eigenvalue weighted by molar-refractivity contribution is 7.11. The summed E-state index contributed by atoms with van der Waals surface area (Å²) in [6, 6.07) is 0.685. The highest BCUT2D eigenvalue weighted by Crippen LogP contribution is 2.24. The maximum Gasteiger partial charge on any atom is 0.0897 e. The summed E-state index contributed by atoms with van der Waals surface area (Å²) < 4.78 is 0. The van der Waals surface area contributed by atoms with Gasteiger partial charge in [-0.3, -0.25) is 4.90 Å². The van der Waals surface area contributed by atoms with Gasteiger partial charge in [0, 0.05) is 30.2 Å². The number of aryl methyl sites for hydroxylation is 1. The third-order valence-corrected chi connectivity index (χ3v) is 4.37. The first-order valence-corrected chi connectivity index (χ1v) is 6.86. The van der Waals surface area contributed by atoms with Crippen LogP contribution in [0.15, 0.2) is 6.20 Å². The van der Waals surface area contributed by atoms with Crippen LogP contribution in [0.3, 0.4) is 0 Å². The lowest BCUT2D eigenvalue weighted by atomic mass is 9.93. The molecular formula is C12H21N3S. The number of nitrogens with zero attached hydrogens (tertiary/aromatic N) is 2. The number of hydrogen-bond acceptors (Lipinski definition) is 4. The van der Waals surface area contributed by atoms with Crippen LogP contribution in [0, 0.1) is 12.8 Å². The number of likely N-dealkylation sites (tertiary alicyclic amines) is 1. The van der Waals surface area contributed by atoms with Gasteiger partial charge >= 0.3 is 0 Å². The van der Waals surface area contributed by atoms with Gasteiger partial charge in [0.1, 0.15) is 0 Å². The van der Waals surface area contributed by atoms with E-state index in [4.69, 9.17) is 5.73 Å². The van der Waals surface area contributed by atoms with Crippen LogP contribution in [0.5, 0.6) is 0 Å². The van der Waals surface area contributed by atoms with Gasteiger partial charge in [0.2, 0.25) is 0 Å². The maximum atomic E-state index is 5.77. The predicted octanol–water partition coefficient (Wildman–Crippen LogP) is 2.01. The summed E-state index contributed by atoms with van der Waals surface area (Å²) in [6.07, 6.45) is 4.58. The lowest BCUT2D eigenvalue weighted by Crippen LogP contribution is -2.43. The van der Waals surface area contributed by atoms with Crippen LogP contribution in [-0.4, -0.2) is 29.0 Å². The minimum absolute atomic E-state index is 0.685. The van der Waals surface area contributed by atoms with Crippen molar-refractivity contribution in [1.29, 1.82) is 0 Å². The van der Waals surface area contributed by atoms with Crippen molar-refractivity contribution in [2.45, 2.75) is 39.3 Å². The van der Waals surface area contributed by atoms with E-state index in [2.05, 4.69) is 23.7 Å². The number of thiazole rings is 1. The van der Waals surface area contributed by atoms with Gasteiger partial charge < -0.3 is 5.73 Å². The first kappa shape index (κ1) is 12.0. The minimum atomic E-state index is 0.685. The largest absolute Gasteiger partial charge is 0.330 e. The number of rotatable bonds is 3. The van der Waals surface area contributed by atoms with Crippen LogP contribution in [0.1, 0.15) is 29.7 Å². The molecule has 1 saturated heterocycles. The molecule has 0 saturated carbocycles. The second-order valence-corrected chi connectivity index (χ2v) is 6.12. The molecule has 2 rings (SSSR count). The van der Waals surface area contributed by atoms with E-state index in [1.807, 2.05) is 17.5 Å². The average Bonchev–Trinajstić information content (AvgIpc) is 2.67. The van der Waals surface area contributed by atoms with Crippen molar-refractivity contribution in [3.8, 4) is 0 Å². The molecule has 90 valence electrons. The Bertz CT molecular complexity index is 337. The lowest BCUT2D eigenvalue weighted by molar-refractivity contribution is 0.114. The maximum absolute atomic E-state index is 5.77. The van der Waals surface area contributed by atoms with Crippen molar-refractivity contribution >= 4 is 11.3 Å². The molecule has 0 aliphatic carbocycles. The molecule has 0 amide bonds. The van der Waals surface area contributed by atoms with Crippen LogP contribution in [0.4, 0.5) is 0 Å². The third kappa shape index (κ3) is 2.81. The van der Waals surface area contributed by atoms with Gasteiger partial charge in [0.15, 0.2) is 0 Å². The Morgan fingerprint density at radius 3 is 3.00 bits per heavy atom. The van der Waals surface area contributed by atoms with E-state index >= 15 is 0 Å². The number of nitrogens with two attached hydrogens (primary N) is 1. The number of piperidine rings is 1. The summed E-state index contributed by atoms with van der Waals surface area (Å²) in [5.41, 5.74) is 5.77. The highest BCUT2D eigenvalue weighted by Gasteiger charge is 2.24. The zero-order chi connectivity index (χ0) is 11.5. The fourth-order valence-electron chi connectivity index (χ4n) is 2.35. The smallest absolute Gasteiger partial charge is 0.0897 e. The molecule has 2 heterocycles. The van der Waals surface area contributed by atoms with Crippen LogP contribution < -0.4 is 5.73 Å². The van der Waals surface area contributed by atoms with Gasteiger partial charge in [-0.25, -0.2) is 4.98 Å². The molecule has 2 unspecified atom stereocenters. The van der Waals surface area contributed by atoms with Crippen LogP contribution in [0.25, 0.3) is 0 Å². The third-order valence-electron chi connectivity index (χ3n) is 3.47. The molecule has 1 aliphatic rings. The van der Waals surface area contributed by atoms with E-state index in [1.54, 1.807) is 0 Å². The first-order chi connectivity index (χ1) is 7.69. The van der Waals surface area contributed by atoms with Crippen LogP contribution in [0.2, 0.25) is 0 Å². The molecule has 1 aromatic heterocycles. The Labute approximate surface area is 102 Å². The molecule has 2 N–H and O–H groups in total. The molecule has 2 atom stereocenters. The molecule has 1 aliphatic heterocycles. The van der Waals surface area contributed by atoms with E-state index < -0.39 is 0 Å². The van der Waals surface area contributed by atoms with E-state index in [0.29, 0.717) is 12.0 Å². The van der Waals surface area contributed by atoms with Crippen LogP contribution >= 0.6 is 11.3 Å². The van der Waals surface area contributed by atoms with E-state index in [-0.39, 0.29) is 0 Å². The van der Waals surface area contributed by atoms with Crippen molar-refractivity contribution in [2.75, 3.05) is 13.1 Å². The van der Waals surface area contributed by atoms with E-state index in [0.717, 1.165) is 24.6 Å². The molecule has 1 aromatic rings. The molecule has 0 spiro atoms. The van der Waals surface area contributed by atoms with Crippen molar-refractivity contribution in [1.82, 2.24) is 9.88 Å². The topological polar surface area (TPSA) is 42.2 Å². The second kappa shape index (κ2) is 5.25. The molecule has 3 nitrogen and oxygen atoms in total. The molecule has 16 heavy (non-hydrogen) atoms.